The van der Waals surface area contributed by atoms with Crippen molar-refractivity contribution >= 4 is 35.7 Å². The van der Waals surface area contributed by atoms with Crippen molar-refractivity contribution in [2.24, 2.45) is 5.92 Å². The molecule has 1 saturated heterocycles. The molecule has 1 aromatic rings. The fraction of sp³-hybridized carbons (Fsp3) is 0.636. The van der Waals surface area contributed by atoms with Crippen molar-refractivity contribution in [3.8, 4) is 0 Å². The number of esters is 1. The highest BCUT2D eigenvalue weighted by molar-refractivity contribution is 5.96. The average Bonchev–Trinajstić information content (AvgIpc) is 3.64. The van der Waals surface area contributed by atoms with Crippen LogP contribution >= 0.6 is 0 Å². The van der Waals surface area contributed by atoms with Gasteiger partial charge >= 0.3 is 12.1 Å². The molecule has 0 radical (unpaired) electrons. The van der Waals surface area contributed by atoms with Crippen molar-refractivity contribution < 1.29 is 38.2 Å². The Labute approximate surface area is 340 Å². The Bertz CT molecular complexity index is 1480. The van der Waals surface area contributed by atoms with Gasteiger partial charge in [0.15, 0.2) is 0 Å². The Morgan fingerprint density at radius 3 is 2.12 bits per heavy atom. The molecule has 1 aromatic carbocycles. The molecule has 57 heavy (non-hydrogen) atoms. The van der Waals surface area contributed by atoms with Crippen molar-refractivity contribution in [3.05, 3.63) is 61.2 Å². The number of likely N-dealkylation sites (tertiary alicyclic amines) is 1. The molecule has 13 heteroatoms. The van der Waals surface area contributed by atoms with Gasteiger partial charge in [0.1, 0.15) is 35.8 Å². The molecule has 13 nitrogen and oxygen atoms in total. The lowest BCUT2D eigenvalue weighted by molar-refractivity contribution is -0.147. The molecule has 1 aliphatic rings. The predicted molar refractivity (Wildman–Crippen MR) is 222 cm³/mol. The van der Waals surface area contributed by atoms with Crippen LogP contribution < -0.4 is 16.0 Å². The first-order chi connectivity index (χ1) is 27.0. The average molecular weight is 796 g/mol. The molecule has 2 rings (SSSR count). The largest absolute Gasteiger partial charge is 0.464 e. The summed E-state index contributed by atoms with van der Waals surface area (Å²) in [6, 6.07) is 4.44. The van der Waals surface area contributed by atoms with E-state index < -0.39 is 71.5 Å². The minimum Gasteiger partial charge on any atom is -0.464 e. The molecule has 1 heterocycles. The Hall–Kier alpha value is -4.68. The standard InChI is InChI=1S/C44H69N5O8/c1-10-12-13-14-15-16-17-21-28-56-42(54)33(6)46-38(50)32(5)45-39(51)36-25-22-27-48(36)41(53)35(29-31(3)4)47-40(52)37(30-34-23-19-18-20-24-34)49(26-11-2)43(55)57-44(7,8)9/h10-11,18-20,23-24,31-33,35-37H,1-2,12-17,21-22,25-30H2,3-9H3,(H,45,51)(H,46,50)(H,47,52)/t32-,33-,35-,36-,37-/m0/s1. The van der Waals surface area contributed by atoms with Gasteiger partial charge in [0.05, 0.1) is 6.61 Å². The number of rotatable bonds is 24. The van der Waals surface area contributed by atoms with E-state index >= 15 is 0 Å². The molecule has 1 fully saturated rings. The zero-order valence-electron chi connectivity index (χ0n) is 35.5. The van der Waals surface area contributed by atoms with Crippen LogP contribution in [-0.4, -0.2) is 101 Å². The van der Waals surface area contributed by atoms with Crippen LogP contribution in [0.5, 0.6) is 0 Å². The van der Waals surface area contributed by atoms with Crippen LogP contribution in [0.15, 0.2) is 55.6 Å². The van der Waals surface area contributed by atoms with E-state index in [1.54, 1.807) is 20.8 Å². The van der Waals surface area contributed by atoms with Crippen molar-refractivity contribution in [3.63, 3.8) is 0 Å². The summed E-state index contributed by atoms with van der Waals surface area (Å²) in [5, 5.41) is 8.24. The fourth-order valence-corrected chi connectivity index (χ4v) is 6.60. The van der Waals surface area contributed by atoms with E-state index in [0.717, 1.165) is 50.5 Å². The summed E-state index contributed by atoms with van der Waals surface area (Å²) >= 11 is 0. The molecule has 0 bridgehead atoms. The topological polar surface area (TPSA) is 163 Å². The van der Waals surface area contributed by atoms with Gasteiger partial charge < -0.3 is 30.3 Å². The van der Waals surface area contributed by atoms with E-state index in [1.807, 2.05) is 50.3 Å². The summed E-state index contributed by atoms with van der Waals surface area (Å²) in [4.78, 5) is 83.8. The zero-order valence-corrected chi connectivity index (χ0v) is 35.5. The number of hydrogen-bond donors (Lipinski definition) is 3. The summed E-state index contributed by atoms with van der Waals surface area (Å²) in [5.74, 6) is -2.61. The van der Waals surface area contributed by atoms with Crippen molar-refractivity contribution in [2.75, 3.05) is 19.7 Å². The van der Waals surface area contributed by atoms with Crippen LogP contribution in [0.4, 0.5) is 4.79 Å². The quantitative estimate of drug-likeness (QED) is 0.0651. The smallest absolute Gasteiger partial charge is 0.411 e. The molecule has 0 saturated carbocycles. The second kappa shape index (κ2) is 24.8. The van der Waals surface area contributed by atoms with E-state index in [2.05, 4.69) is 29.1 Å². The van der Waals surface area contributed by atoms with E-state index in [0.29, 0.717) is 12.8 Å². The number of benzene rings is 1. The second-order valence-electron chi connectivity index (χ2n) is 16.3. The van der Waals surface area contributed by atoms with Crippen LogP contribution in [0.1, 0.15) is 118 Å². The maximum Gasteiger partial charge on any atom is 0.411 e. The van der Waals surface area contributed by atoms with E-state index in [9.17, 15) is 28.8 Å². The van der Waals surface area contributed by atoms with E-state index in [4.69, 9.17) is 9.47 Å². The SMILES string of the molecule is C=CCCCCCCCCOC(=O)[C@H](C)NC(=O)[C@H](C)NC(=O)[C@@H]1CCCN1C(=O)[C@H](CC(C)C)NC(=O)[C@H](Cc1ccccc1)N(CC=C)C(=O)OC(C)(C)C. The Kier molecular flexibility index (Phi) is 21.1. The molecule has 0 aromatic heterocycles. The van der Waals surface area contributed by atoms with E-state index in [1.165, 1.54) is 29.7 Å². The number of unbranched alkanes of at least 4 members (excludes halogenated alkanes) is 6. The molecule has 5 atom stereocenters. The summed E-state index contributed by atoms with van der Waals surface area (Å²) in [6.07, 6.45) is 11.3. The number of carbonyl (C=O) groups excluding carboxylic acids is 6. The number of hydrogen-bond acceptors (Lipinski definition) is 8. The van der Waals surface area contributed by atoms with Gasteiger partial charge in [-0.25, -0.2) is 9.59 Å². The Balaban J connectivity index is 2.10. The molecule has 3 N–H and O–H groups in total. The molecule has 0 unspecified atom stereocenters. The van der Waals surface area contributed by atoms with Crippen molar-refractivity contribution in [2.45, 2.75) is 155 Å². The van der Waals surface area contributed by atoms with Crippen LogP contribution in [0, 0.1) is 5.92 Å². The molecule has 318 valence electrons. The second-order valence-corrected chi connectivity index (χ2v) is 16.3. The lowest BCUT2D eigenvalue weighted by Crippen LogP contribution is -2.59. The van der Waals surface area contributed by atoms with Gasteiger partial charge in [0.25, 0.3) is 0 Å². The highest BCUT2D eigenvalue weighted by atomic mass is 16.6. The fourth-order valence-electron chi connectivity index (χ4n) is 6.60. The van der Waals surface area contributed by atoms with Gasteiger partial charge in [-0.1, -0.05) is 82.0 Å². The predicted octanol–water partition coefficient (Wildman–Crippen LogP) is 6.01. The van der Waals surface area contributed by atoms with Crippen LogP contribution in [-0.2, 0) is 39.9 Å². The minimum atomic E-state index is -1.04. The third-order valence-corrected chi connectivity index (χ3v) is 9.58. The molecule has 5 amide bonds. The van der Waals surface area contributed by atoms with Crippen molar-refractivity contribution in [1.29, 1.82) is 0 Å². The zero-order chi connectivity index (χ0) is 42.5. The van der Waals surface area contributed by atoms with Gasteiger partial charge in [-0.15, -0.1) is 13.2 Å². The maximum atomic E-state index is 14.2. The number of carbonyl (C=O) groups is 6. The minimum absolute atomic E-state index is 0.00772. The lowest BCUT2D eigenvalue weighted by atomic mass is 9.99. The van der Waals surface area contributed by atoms with Crippen LogP contribution in [0.25, 0.3) is 0 Å². The van der Waals surface area contributed by atoms with Gasteiger partial charge in [-0.2, -0.15) is 0 Å². The van der Waals surface area contributed by atoms with Gasteiger partial charge in [0, 0.05) is 19.5 Å². The lowest BCUT2D eigenvalue weighted by Gasteiger charge is -2.34. The third kappa shape index (κ3) is 17.6. The molecule has 0 spiro atoms. The van der Waals surface area contributed by atoms with Gasteiger partial charge in [-0.3, -0.25) is 24.1 Å². The normalized spacial score (nSPS) is 16.1. The summed E-state index contributed by atoms with van der Waals surface area (Å²) in [7, 11) is 0. The molecular weight excluding hydrogens is 727 g/mol. The van der Waals surface area contributed by atoms with Crippen LogP contribution in [0.3, 0.4) is 0 Å². The number of nitrogens with zero attached hydrogens (tertiary/aromatic N) is 2. The molecule has 0 aliphatic carbocycles. The summed E-state index contributed by atoms with van der Waals surface area (Å²) < 4.78 is 11.0. The van der Waals surface area contributed by atoms with Crippen LogP contribution in [0.2, 0.25) is 0 Å². The van der Waals surface area contributed by atoms with Gasteiger partial charge in [0.2, 0.25) is 23.6 Å². The summed E-state index contributed by atoms with van der Waals surface area (Å²) in [5.41, 5.74) is -0.0160. The van der Waals surface area contributed by atoms with Gasteiger partial charge in [-0.05, 0) is 84.6 Å². The third-order valence-electron chi connectivity index (χ3n) is 9.58. The molecule has 1 aliphatic heterocycles. The first-order valence-electron chi connectivity index (χ1n) is 20.6. The monoisotopic (exact) mass is 796 g/mol. The summed E-state index contributed by atoms with van der Waals surface area (Å²) in [6.45, 7) is 20.2. The first kappa shape index (κ1) is 48.5. The number of amides is 5. The maximum absolute atomic E-state index is 14.2. The van der Waals surface area contributed by atoms with Crippen molar-refractivity contribution in [1.82, 2.24) is 25.8 Å². The highest BCUT2D eigenvalue weighted by Gasteiger charge is 2.40. The number of allylic oxidation sites excluding steroid dienone is 1. The Morgan fingerprint density at radius 1 is 0.860 bits per heavy atom. The number of ether oxygens (including phenoxy) is 2. The molecular formula is C44H69N5O8. The van der Waals surface area contributed by atoms with E-state index in [-0.39, 0.29) is 38.5 Å². The number of nitrogens with one attached hydrogen (secondary N) is 3. The highest BCUT2D eigenvalue weighted by Crippen LogP contribution is 2.22. The Morgan fingerprint density at radius 2 is 1.51 bits per heavy atom. The first-order valence-corrected chi connectivity index (χ1v) is 20.6.